The maximum absolute atomic E-state index is 12.0. The molecule has 1 N–H and O–H groups in total. The maximum Gasteiger partial charge on any atom is 0.442 e. The van der Waals surface area contributed by atoms with Crippen LogP contribution in [0.3, 0.4) is 0 Å². The molecule has 0 radical (unpaired) electrons. The minimum Gasteiger partial charge on any atom is -0.322 e. The molecule has 1 amide bonds. The lowest BCUT2D eigenvalue weighted by Gasteiger charge is -2.09. The van der Waals surface area contributed by atoms with Gasteiger partial charge < -0.3 is 5.32 Å². The summed E-state index contributed by atoms with van der Waals surface area (Å²) in [6.45, 7) is 7.35. The fourth-order valence-corrected chi connectivity index (χ4v) is 2.04. The largest absolute Gasteiger partial charge is 0.442 e. The van der Waals surface area contributed by atoms with Gasteiger partial charge in [0.05, 0.1) is 22.8 Å². The summed E-state index contributed by atoms with van der Waals surface area (Å²) in [7, 11) is 0. The van der Waals surface area contributed by atoms with Crippen LogP contribution in [0.4, 0.5) is 18.9 Å². The van der Waals surface area contributed by atoms with Gasteiger partial charge in [-0.2, -0.15) is 18.3 Å². The van der Waals surface area contributed by atoms with Crippen molar-refractivity contribution in [1.82, 2.24) is 9.78 Å². The van der Waals surface area contributed by atoms with Crippen molar-refractivity contribution in [2.75, 3.05) is 11.1 Å². The first-order valence-corrected chi connectivity index (χ1v) is 6.66. The van der Waals surface area contributed by atoms with Crippen LogP contribution in [0.2, 0.25) is 0 Å². The molecule has 0 atom stereocenters. The molecule has 19 heavy (non-hydrogen) atoms. The molecule has 1 aromatic rings. The van der Waals surface area contributed by atoms with Crippen LogP contribution in [-0.4, -0.2) is 26.9 Å². The molecule has 0 aliphatic carbocycles. The molecule has 0 saturated heterocycles. The Balaban J connectivity index is 2.75. The van der Waals surface area contributed by atoms with Crippen LogP contribution in [0.1, 0.15) is 31.3 Å². The van der Waals surface area contributed by atoms with Crippen molar-refractivity contribution in [2.45, 2.75) is 39.2 Å². The van der Waals surface area contributed by atoms with Crippen molar-refractivity contribution in [1.29, 1.82) is 0 Å². The van der Waals surface area contributed by atoms with Crippen molar-refractivity contribution in [3.63, 3.8) is 0 Å². The molecule has 0 saturated carbocycles. The number of carbonyl (C=O) groups excluding carboxylic acids is 1. The van der Waals surface area contributed by atoms with Gasteiger partial charge in [0.25, 0.3) is 0 Å². The SMILES string of the molecule is Cc1nn(C(C)C)c(C)c1NC(=O)CSC(F)(F)F. The Bertz CT molecular complexity index is 468. The zero-order chi connectivity index (χ0) is 14.8. The van der Waals surface area contributed by atoms with Crippen LogP contribution in [-0.2, 0) is 4.79 Å². The molecule has 1 heterocycles. The van der Waals surface area contributed by atoms with E-state index in [1.54, 1.807) is 18.5 Å². The summed E-state index contributed by atoms with van der Waals surface area (Å²) in [5, 5.41) is 6.73. The highest BCUT2D eigenvalue weighted by atomic mass is 32.2. The Morgan fingerprint density at radius 2 is 2.00 bits per heavy atom. The number of amides is 1. The minimum atomic E-state index is -4.40. The molecule has 0 spiro atoms. The standard InChI is InChI=1S/C11H16F3N3OS/c1-6(2)17-8(4)10(7(3)16-17)15-9(18)5-19-11(12,13)14/h6H,5H2,1-4H3,(H,15,18). The first-order valence-electron chi connectivity index (χ1n) is 5.68. The summed E-state index contributed by atoms with van der Waals surface area (Å²) in [6, 6.07) is 0.119. The average molecular weight is 295 g/mol. The van der Waals surface area contributed by atoms with Crippen LogP contribution < -0.4 is 5.32 Å². The highest BCUT2D eigenvalue weighted by Crippen LogP contribution is 2.30. The summed E-state index contributed by atoms with van der Waals surface area (Å²) >= 11 is -0.354. The summed E-state index contributed by atoms with van der Waals surface area (Å²) in [4.78, 5) is 11.5. The molecule has 1 aromatic heterocycles. The van der Waals surface area contributed by atoms with Gasteiger partial charge in [0.15, 0.2) is 0 Å². The van der Waals surface area contributed by atoms with Gasteiger partial charge in [-0.05, 0) is 39.5 Å². The number of rotatable bonds is 4. The first kappa shape index (κ1) is 15.9. The van der Waals surface area contributed by atoms with E-state index >= 15 is 0 Å². The van der Waals surface area contributed by atoms with E-state index in [2.05, 4.69) is 10.4 Å². The van der Waals surface area contributed by atoms with Gasteiger partial charge in [-0.1, -0.05) is 0 Å². The Morgan fingerprint density at radius 3 is 2.42 bits per heavy atom. The second kappa shape index (κ2) is 5.85. The molecule has 0 fully saturated rings. The highest BCUT2D eigenvalue weighted by molar-refractivity contribution is 8.00. The molecule has 0 unspecified atom stereocenters. The third kappa shape index (κ3) is 4.45. The summed E-state index contributed by atoms with van der Waals surface area (Å²) in [6.07, 6.45) is 0. The van der Waals surface area contributed by atoms with Gasteiger partial charge >= 0.3 is 5.51 Å². The lowest BCUT2D eigenvalue weighted by atomic mass is 10.3. The van der Waals surface area contributed by atoms with E-state index in [0.717, 1.165) is 5.69 Å². The smallest absolute Gasteiger partial charge is 0.322 e. The van der Waals surface area contributed by atoms with Crippen molar-refractivity contribution < 1.29 is 18.0 Å². The normalized spacial score (nSPS) is 12.0. The molecular weight excluding hydrogens is 279 g/mol. The van der Waals surface area contributed by atoms with Crippen molar-refractivity contribution >= 4 is 23.4 Å². The predicted molar refractivity (Wildman–Crippen MR) is 69.2 cm³/mol. The van der Waals surface area contributed by atoms with E-state index in [1.165, 1.54) is 0 Å². The molecule has 1 rings (SSSR count). The van der Waals surface area contributed by atoms with Gasteiger partial charge in [0, 0.05) is 6.04 Å². The van der Waals surface area contributed by atoms with Crippen LogP contribution in [0, 0.1) is 13.8 Å². The quantitative estimate of drug-likeness (QED) is 0.927. The number of thioether (sulfide) groups is 1. The first-order chi connectivity index (χ1) is 8.61. The summed E-state index contributed by atoms with van der Waals surface area (Å²) < 4.78 is 37.7. The van der Waals surface area contributed by atoms with E-state index < -0.39 is 17.2 Å². The van der Waals surface area contributed by atoms with Gasteiger partial charge in [-0.15, -0.1) is 0 Å². The highest BCUT2D eigenvalue weighted by Gasteiger charge is 2.29. The van der Waals surface area contributed by atoms with Crippen molar-refractivity contribution in [3.8, 4) is 0 Å². The number of aryl methyl sites for hydroxylation is 1. The lowest BCUT2D eigenvalue weighted by molar-refractivity contribution is -0.114. The predicted octanol–water partition coefficient (Wildman–Crippen LogP) is 3.27. The Labute approximate surface area is 113 Å². The topological polar surface area (TPSA) is 46.9 Å². The Morgan fingerprint density at radius 1 is 1.42 bits per heavy atom. The third-order valence-electron chi connectivity index (χ3n) is 2.45. The number of nitrogens with zero attached hydrogens (tertiary/aromatic N) is 2. The fourth-order valence-electron chi connectivity index (χ4n) is 1.67. The van der Waals surface area contributed by atoms with E-state index in [-0.39, 0.29) is 17.8 Å². The number of hydrogen-bond acceptors (Lipinski definition) is 3. The summed E-state index contributed by atoms with van der Waals surface area (Å²) in [5.41, 5.74) is -2.58. The van der Waals surface area contributed by atoms with Crippen LogP contribution in [0.5, 0.6) is 0 Å². The number of carbonyl (C=O) groups is 1. The number of alkyl halides is 3. The second-order valence-corrected chi connectivity index (χ2v) is 5.41. The Hall–Kier alpha value is -1.18. The summed E-state index contributed by atoms with van der Waals surface area (Å²) in [5.74, 6) is -1.34. The number of aromatic nitrogens is 2. The van der Waals surface area contributed by atoms with E-state index in [0.29, 0.717) is 11.4 Å². The van der Waals surface area contributed by atoms with Crippen LogP contribution in [0.15, 0.2) is 0 Å². The third-order valence-corrected chi connectivity index (χ3v) is 3.18. The molecule has 108 valence electrons. The van der Waals surface area contributed by atoms with Gasteiger partial charge in [-0.25, -0.2) is 0 Å². The maximum atomic E-state index is 12.0. The van der Waals surface area contributed by atoms with Gasteiger partial charge in [0.2, 0.25) is 5.91 Å². The average Bonchev–Trinajstić information content (AvgIpc) is 2.53. The fraction of sp³-hybridized carbons (Fsp3) is 0.636. The van der Waals surface area contributed by atoms with Crippen LogP contribution in [0.25, 0.3) is 0 Å². The monoisotopic (exact) mass is 295 g/mol. The molecule has 0 aliphatic rings. The molecule has 4 nitrogen and oxygen atoms in total. The number of hydrogen-bond donors (Lipinski definition) is 1. The van der Waals surface area contributed by atoms with E-state index in [1.807, 2.05) is 13.8 Å². The molecule has 0 aromatic carbocycles. The number of anilines is 1. The molecule has 0 bridgehead atoms. The number of halogens is 3. The Kier molecular flexibility index (Phi) is 4.89. The van der Waals surface area contributed by atoms with Gasteiger partial charge in [0.1, 0.15) is 0 Å². The second-order valence-electron chi connectivity index (χ2n) is 4.37. The van der Waals surface area contributed by atoms with Gasteiger partial charge in [-0.3, -0.25) is 9.48 Å². The molecular formula is C11H16F3N3OS. The van der Waals surface area contributed by atoms with E-state index in [9.17, 15) is 18.0 Å². The zero-order valence-corrected chi connectivity index (χ0v) is 11.9. The van der Waals surface area contributed by atoms with Crippen molar-refractivity contribution in [2.24, 2.45) is 0 Å². The van der Waals surface area contributed by atoms with Crippen molar-refractivity contribution in [3.05, 3.63) is 11.4 Å². The minimum absolute atomic E-state index is 0.119. The van der Waals surface area contributed by atoms with Crippen LogP contribution >= 0.6 is 11.8 Å². The van der Waals surface area contributed by atoms with E-state index in [4.69, 9.17) is 0 Å². The molecule has 0 aliphatic heterocycles. The zero-order valence-electron chi connectivity index (χ0n) is 11.1. The lowest BCUT2D eigenvalue weighted by Crippen LogP contribution is -2.18. The number of nitrogens with one attached hydrogen (secondary N) is 1. The molecule has 8 heteroatoms.